The zero-order chi connectivity index (χ0) is 12.3. The van der Waals surface area contributed by atoms with E-state index in [1.54, 1.807) is 6.20 Å². The van der Waals surface area contributed by atoms with Crippen molar-refractivity contribution >= 4 is 17.7 Å². The molecule has 0 aromatic carbocycles. The molecule has 0 spiro atoms. The second-order valence-corrected chi connectivity index (χ2v) is 5.15. The lowest BCUT2D eigenvalue weighted by molar-refractivity contribution is -0.138. The molecule has 0 radical (unpaired) electrons. The highest BCUT2D eigenvalue weighted by Crippen LogP contribution is 2.51. The van der Waals surface area contributed by atoms with Gasteiger partial charge in [0.05, 0.1) is 6.42 Å². The van der Waals surface area contributed by atoms with E-state index < -0.39 is 5.97 Å². The van der Waals surface area contributed by atoms with Gasteiger partial charge in [0.1, 0.15) is 11.1 Å². The maximum Gasteiger partial charge on any atom is 0.303 e. The van der Waals surface area contributed by atoms with Crippen LogP contribution < -0.4 is 0 Å². The summed E-state index contributed by atoms with van der Waals surface area (Å²) in [4.78, 5) is 18.7. The van der Waals surface area contributed by atoms with Crippen LogP contribution in [-0.4, -0.2) is 26.8 Å². The molecular weight excluding hydrogens is 238 g/mol. The number of carboxylic acids is 1. The highest BCUT2D eigenvalue weighted by molar-refractivity contribution is 7.99. The number of carboxylic acid groups (broad SMARTS) is 1. The van der Waals surface area contributed by atoms with Crippen molar-refractivity contribution in [3.8, 4) is 6.07 Å². The number of hydrogen-bond acceptors (Lipinski definition) is 5. The topological polar surface area (TPSA) is 86.9 Å². The molecule has 0 aliphatic heterocycles. The van der Waals surface area contributed by atoms with Crippen LogP contribution >= 0.6 is 11.8 Å². The van der Waals surface area contributed by atoms with E-state index in [0.29, 0.717) is 16.5 Å². The molecule has 1 saturated carbocycles. The molecule has 0 atom stereocenters. The predicted molar refractivity (Wildman–Crippen MR) is 61.4 cm³/mol. The number of nitriles is 1. The van der Waals surface area contributed by atoms with Gasteiger partial charge in [0.15, 0.2) is 5.69 Å². The lowest BCUT2D eigenvalue weighted by Crippen LogP contribution is -2.11. The van der Waals surface area contributed by atoms with Crippen LogP contribution in [-0.2, 0) is 4.79 Å². The van der Waals surface area contributed by atoms with Crippen LogP contribution in [0.1, 0.15) is 25.0 Å². The third-order valence-electron chi connectivity index (χ3n) is 2.77. The van der Waals surface area contributed by atoms with E-state index in [1.807, 2.05) is 6.07 Å². The minimum Gasteiger partial charge on any atom is -0.481 e. The van der Waals surface area contributed by atoms with Gasteiger partial charge in [-0.3, -0.25) is 4.79 Å². The molecule has 2 rings (SSSR count). The van der Waals surface area contributed by atoms with Crippen molar-refractivity contribution in [1.82, 2.24) is 9.97 Å². The Labute approximate surface area is 103 Å². The van der Waals surface area contributed by atoms with E-state index in [9.17, 15) is 4.79 Å². The molecule has 1 N–H and O–H groups in total. The van der Waals surface area contributed by atoms with E-state index in [2.05, 4.69) is 9.97 Å². The predicted octanol–water partition coefficient (Wildman–Crippen LogP) is 1.70. The monoisotopic (exact) mass is 249 g/mol. The summed E-state index contributed by atoms with van der Waals surface area (Å²) in [6, 6.07) is 1.98. The smallest absolute Gasteiger partial charge is 0.303 e. The summed E-state index contributed by atoms with van der Waals surface area (Å²) < 4.78 is 0. The minimum absolute atomic E-state index is 0.0965. The molecular formula is C11H11N3O2S. The van der Waals surface area contributed by atoms with Crippen LogP contribution in [0.4, 0.5) is 0 Å². The standard InChI is InChI=1S/C11H11N3O2S/c12-6-8-10(14-4-3-13-8)17-7-11(1-2-11)5-9(15)16/h3-4H,1-2,5,7H2,(H,15,16). The second kappa shape index (κ2) is 4.72. The van der Waals surface area contributed by atoms with Crippen LogP contribution in [0.5, 0.6) is 0 Å². The van der Waals surface area contributed by atoms with Gasteiger partial charge in [-0.2, -0.15) is 5.26 Å². The highest BCUT2D eigenvalue weighted by atomic mass is 32.2. The average molecular weight is 249 g/mol. The normalized spacial score (nSPS) is 16.2. The Morgan fingerprint density at radius 2 is 2.24 bits per heavy atom. The number of aliphatic carboxylic acids is 1. The van der Waals surface area contributed by atoms with Gasteiger partial charge in [-0.15, -0.1) is 11.8 Å². The summed E-state index contributed by atoms with van der Waals surface area (Å²) in [6.07, 6.45) is 5.09. The maximum absolute atomic E-state index is 10.7. The fraction of sp³-hybridized carbons (Fsp3) is 0.455. The Morgan fingerprint density at radius 3 is 2.82 bits per heavy atom. The molecule has 17 heavy (non-hydrogen) atoms. The second-order valence-electron chi connectivity index (χ2n) is 4.18. The molecule has 6 heteroatoms. The van der Waals surface area contributed by atoms with E-state index in [1.165, 1.54) is 18.0 Å². The third kappa shape index (κ3) is 2.94. The zero-order valence-corrected chi connectivity index (χ0v) is 9.90. The van der Waals surface area contributed by atoms with Gasteiger partial charge in [0.25, 0.3) is 0 Å². The molecule has 1 aliphatic rings. The Kier molecular flexibility index (Phi) is 3.29. The zero-order valence-electron chi connectivity index (χ0n) is 9.09. The van der Waals surface area contributed by atoms with E-state index in [4.69, 9.17) is 10.4 Å². The van der Waals surface area contributed by atoms with Crippen LogP contribution in [0.25, 0.3) is 0 Å². The van der Waals surface area contributed by atoms with Gasteiger partial charge in [-0.05, 0) is 18.3 Å². The summed E-state index contributed by atoms with van der Waals surface area (Å²) in [6.45, 7) is 0. The Bertz CT molecular complexity index is 480. The third-order valence-corrected chi connectivity index (χ3v) is 4.10. The Morgan fingerprint density at radius 1 is 1.53 bits per heavy atom. The quantitative estimate of drug-likeness (QED) is 0.799. The van der Waals surface area contributed by atoms with E-state index in [0.717, 1.165) is 12.8 Å². The first-order valence-electron chi connectivity index (χ1n) is 5.21. The molecule has 1 aromatic heterocycles. The van der Waals surface area contributed by atoms with Crippen molar-refractivity contribution < 1.29 is 9.90 Å². The number of nitrogens with zero attached hydrogens (tertiary/aromatic N) is 3. The van der Waals surface area contributed by atoms with Crippen LogP contribution in [0.15, 0.2) is 17.4 Å². The molecule has 0 unspecified atom stereocenters. The summed E-state index contributed by atoms with van der Waals surface area (Å²) >= 11 is 1.42. The maximum atomic E-state index is 10.7. The first-order valence-corrected chi connectivity index (χ1v) is 6.19. The van der Waals surface area contributed by atoms with Crippen molar-refractivity contribution in [3.05, 3.63) is 18.1 Å². The van der Waals surface area contributed by atoms with Crippen LogP contribution in [0.2, 0.25) is 0 Å². The van der Waals surface area contributed by atoms with Gasteiger partial charge in [0.2, 0.25) is 0 Å². The van der Waals surface area contributed by atoms with Gasteiger partial charge in [-0.25, -0.2) is 9.97 Å². The number of aromatic nitrogens is 2. The van der Waals surface area contributed by atoms with Gasteiger partial charge >= 0.3 is 5.97 Å². The summed E-state index contributed by atoms with van der Waals surface area (Å²) in [5.41, 5.74) is 0.212. The van der Waals surface area contributed by atoms with E-state index >= 15 is 0 Å². The van der Waals surface area contributed by atoms with Crippen molar-refractivity contribution in [1.29, 1.82) is 5.26 Å². The molecule has 5 nitrogen and oxygen atoms in total. The van der Waals surface area contributed by atoms with E-state index in [-0.39, 0.29) is 11.8 Å². The number of thioether (sulfide) groups is 1. The molecule has 1 heterocycles. The largest absolute Gasteiger partial charge is 0.481 e. The lowest BCUT2D eigenvalue weighted by atomic mass is 10.1. The van der Waals surface area contributed by atoms with Gasteiger partial charge in [0, 0.05) is 18.1 Å². The van der Waals surface area contributed by atoms with Gasteiger partial charge in [-0.1, -0.05) is 0 Å². The molecule has 1 aliphatic carbocycles. The van der Waals surface area contributed by atoms with Gasteiger partial charge < -0.3 is 5.11 Å². The Balaban J connectivity index is 1.99. The van der Waals surface area contributed by atoms with Crippen molar-refractivity contribution in [3.63, 3.8) is 0 Å². The van der Waals surface area contributed by atoms with Crippen LogP contribution in [0.3, 0.4) is 0 Å². The van der Waals surface area contributed by atoms with Crippen molar-refractivity contribution in [2.45, 2.75) is 24.3 Å². The molecule has 0 saturated heterocycles. The van der Waals surface area contributed by atoms with Crippen molar-refractivity contribution in [2.24, 2.45) is 5.41 Å². The summed E-state index contributed by atoms with van der Waals surface area (Å²) in [5.74, 6) is -0.0742. The molecule has 0 bridgehead atoms. The molecule has 1 fully saturated rings. The molecule has 88 valence electrons. The molecule has 1 aromatic rings. The average Bonchev–Trinajstić information content (AvgIpc) is 3.06. The first-order chi connectivity index (χ1) is 8.15. The minimum atomic E-state index is -0.761. The summed E-state index contributed by atoms with van der Waals surface area (Å²) in [7, 11) is 0. The number of rotatable bonds is 5. The highest BCUT2D eigenvalue weighted by Gasteiger charge is 2.44. The summed E-state index contributed by atoms with van der Waals surface area (Å²) in [5, 5.41) is 18.2. The van der Waals surface area contributed by atoms with Crippen molar-refractivity contribution in [2.75, 3.05) is 5.75 Å². The fourth-order valence-corrected chi connectivity index (χ4v) is 2.80. The van der Waals surface area contributed by atoms with Crippen LogP contribution in [0, 0.1) is 16.7 Å². The Hall–Kier alpha value is -1.61. The fourth-order valence-electron chi connectivity index (χ4n) is 1.60. The lowest BCUT2D eigenvalue weighted by Gasteiger charge is -2.11. The number of hydrogen-bond donors (Lipinski definition) is 1. The number of carbonyl (C=O) groups is 1. The first kappa shape index (κ1) is 11.9. The molecule has 0 amide bonds. The SMILES string of the molecule is N#Cc1nccnc1SCC1(CC(=O)O)CC1.